The molecule has 1 amide bonds. The van der Waals surface area contributed by atoms with Crippen LogP contribution in [0.1, 0.15) is 11.6 Å². The van der Waals surface area contributed by atoms with Gasteiger partial charge in [0.15, 0.2) is 6.61 Å². The van der Waals surface area contributed by atoms with E-state index in [1.165, 1.54) is 18.2 Å². The lowest BCUT2D eigenvalue weighted by atomic mass is 10.1. The summed E-state index contributed by atoms with van der Waals surface area (Å²) in [7, 11) is 0. The van der Waals surface area contributed by atoms with E-state index in [9.17, 15) is 14.9 Å². The van der Waals surface area contributed by atoms with Crippen LogP contribution in [0.4, 0.5) is 5.69 Å². The van der Waals surface area contributed by atoms with Gasteiger partial charge in [-0.1, -0.05) is 36.4 Å². The normalized spacial score (nSPS) is 17.1. The van der Waals surface area contributed by atoms with Crippen LogP contribution < -0.4 is 4.74 Å². The molecule has 1 heterocycles. The summed E-state index contributed by atoms with van der Waals surface area (Å²) in [5, 5.41) is 10.8. The van der Waals surface area contributed by atoms with E-state index in [-0.39, 0.29) is 24.2 Å². The van der Waals surface area contributed by atoms with Gasteiger partial charge < -0.3 is 14.4 Å². The van der Waals surface area contributed by atoms with Crippen molar-refractivity contribution in [3.05, 3.63) is 70.3 Å². The minimum atomic E-state index is -0.498. The summed E-state index contributed by atoms with van der Waals surface area (Å²) in [4.78, 5) is 24.6. The van der Waals surface area contributed by atoms with Crippen molar-refractivity contribution in [1.29, 1.82) is 0 Å². The van der Waals surface area contributed by atoms with Gasteiger partial charge in [-0.25, -0.2) is 0 Å². The maximum absolute atomic E-state index is 12.6. The van der Waals surface area contributed by atoms with Gasteiger partial charge >= 0.3 is 0 Å². The van der Waals surface area contributed by atoms with Crippen LogP contribution in [0.25, 0.3) is 0 Å². The predicted octanol–water partition coefficient (Wildman–Crippen LogP) is 2.57. The Morgan fingerprint density at radius 1 is 1.24 bits per heavy atom. The molecule has 130 valence electrons. The fourth-order valence-electron chi connectivity index (χ4n) is 2.77. The molecule has 1 atom stereocenters. The van der Waals surface area contributed by atoms with E-state index in [1.54, 1.807) is 11.0 Å². The monoisotopic (exact) mass is 342 g/mol. The molecule has 25 heavy (non-hydrogen) atoms. The van der Waals surface area contributed by atoms with E-state index >= 15 is 0 Å². The van der Waals surface area contributed by atoms with Gasteiger partial charge in [0.2, 0.25) is 0 Å². The second-order valence-electron chi connectivity index (χ2n) is 5.63. The van der Waals surface area contributed by atoms with Crippen LogP contribution in [0.5, 0.6) is 5.75 Å². The number of carbonyl (C=O) groups excluding carboxylic acids is 1. The Bertz CT molecular complexity index is 750. The van der Waals surface area contributed by atoms with Crippen LogP contribution in [-0.4, -0.2) is 42.1 Å². The van der Waals surface area contributed by atoms with Gasteiger partial charge in [-0.2, -0.15) is 0 Å². The minimum absolute atomic E-state index is 0.0708. The van der Waals surface area contributed by atoms with Crippen molar-refractivity contribution in [3.8, 4) is 5.75 Å². The smallest absolute Gasteiger partial charge is 0.273 e. The zero-order valence-electron chi connectivity index (χ0n) is 13.5. The average Bonchev–Trinajstić information content (AvgIpc) is 2.67. The second kappa shape index (κ2) is 7.76. The summed E-state index contributed by atoms with van der Waals surface area (Å²) in [5.41, 5.74) is 0.935. The standard InChI is InChI=1S/C18H18N2O5/c21-18(13-25-16-8-4-7-15(11-16)20(22)23)19-9-10-24-12-17(19)14-5-2-1-3-6-14/h1-8,11,17H,9-10,12-13H2. The third-order valence-corrected chi connectivity index (χ3v) is 4.02. The molecule has 2 aromatic rings. The molecule has 3 rings (SSSR count). The second-order valence-corrected chi connectivity index (χ2v) is 5.63. The van der Waals surface area contributed by atoms with Crippen molar-refractivity contribution in [2.24, 2.45) is 0 Å². The first-order valence-corrected chi connectivity index (χ1v) is 7.94. The molecular weight excluding hydrogens is 324 g/mol. The number of benzene rings is 2. The fraction of sp³-hybridized carbons (Fsp3) is 0.278. The summed E-state index contributed by atoms with van der Waals surface area (Å²) in [6.07, 6.45) is 0. The molecule has 1 saturated heterocycles. The van der Waals surface area contributed by atoms with E-state index in [0.717, 1.165) is 5.56 Å². The van der Waals surface area contributed by atoms with Crippen LogP contribution in [0.15, 0.2) is 54.6 Å². The zero-order chi connectivity index (χ0) is 17.6. The van der Waals surface area contributed by atoms with E-state index in [4.69, 9.17) is 9.47 Å². The number of carbonyl (C=O) groups is 1. The summed E-state index contributed by atoms with van der Waals surface area (Å²) >= 11 is 0. The topological polar surface area (TPSA) is 81.9 Å². The van der Waals surface area contributed by atoms with Crippen molar-refractivity contribution >= 4 is 11.6 Å². The van der Waals surface area contributed by atoms with Gasteiger partial charge in [0.25, 0.3) is 11.6 Å². The highest BCUT2D eigenvalue weighted by Gasteiger charge is 2.28. The first-order chi connectivity index (χ1) is 12.1. The summed E-state index contributed by atoms with van der Waals surface area (Å²) in [6, 6.07) is 15.3. The van der Waals surface area contributed by atoms with Gasteiger partial charge in [0.1, 0.15) is 5.75 Å². The molecule has 1 aliphatic heterocycles. The van der Waals surface area contributed by atoms with Crippen LogP contribution in [0.2, 0.25) is 0 Å². The van der Waals surface area contributed by atoms with Gasteiger partial charge in [0, 0.05) is 12.6 Å². The molecule has 2 aromatic carbocycles. The Hall–Kier alpha value is -2.93. The maximum Gasteiger partial charge on any atom is 0.273 e. The van der Waals surface area contributed by atoms with Gasteiger partial charge in [-0.3, -0.25) is 14.9 Å². The molecular formula is C18H18N2O5. The predicted molar refractivity (Wildman–Crippen MR) is 90.3 cm³/mol. The number of non-ortho nitro benzene ring substituents is 1. The van der Waals surface area contributed by atoms with Crippen molar-refractivity contribution < 1.29 is 19.2 Å². The number of nitro groups is 1. The Balaban J connectivity index is 1.67. The van der Waals surface area contributed by atoms with Crippen molar-refractivity contribution in [1.82, 2.24) is 4.90 Å². The average molecular weight is 342 g/mol. The fourth-order valence-corrected chi connectivity index (χ4v) is 2.77. The van der Waals surface area contributed by atoms with Crippen LogP contribution in [0, 0.1) is 10.1 Å². The van der Waals surface area contributed by atoms with Crippen molar-refractivity contribution in [2.75, 3.05) is 26.4 Å². The molecule has 0 N–H and O–H groups in total. The van der Waals surface area contributed by atoms with Crippen LogP contribution >= 0.6 is 0 Å². The number of rotatable bonds is 5. The largest absolute Gasteiger partial charge is 0.484 e. The van der Waals surface area contributed by atoms with E-state index < -0.39 is 4.92 Å². The Morgan fingerprint density at radius 3 is 2.80 bits per heavy atom. The number of morpholine rings is 1. The van der Waals surface area contributed by atoms with Crippen LogP contribution in [0.3, 0.4) is 0 Å². The number of hydrogen-bond donors (Lipinski definition) is 0. The maximum atomic E-state index is 12.6. The molecule has 1 unspecified atom stereocenters. The number of nitro benzene ring substituents is 1. The van der Waals surface area contributed by atoms with Crippen molar-refractivity contribution in [3.63, 3.8) is 0 Å². The first-order valence-electron chi connectivity index (χ1n) is 7.94. The molecule has 0 bridgehead atoms. The lowest BCUT2D eigenvalue weighted by Crippen LogP contribution is -2.45. The number of ether oxygens (including phenoxy) is 2. The quantitative estimate of drug-likeness (QED) is 0.616. The molecule has 0 aliphatic carbocycles. The van der Waals surface area contributed by atoms with Crippen molar-refractivity contribution in [2.45, 2.75) is 6.04 Å². The number of hydrogen-bond acceptors (Lipinski definition) is 5. The van der Waals surface area contributed by atoms with E-state index in [0.29, 0.717) is 25.5 Å². The Kier molecular flexibility index (Phi) is 5.25. The third kappa shape index (κ3) is 4.13. The van der Waals surface area contributed by atoms with E-state index in [2.05, 4.69) is 0 Å². The Morgan fingerprint density at radius 2 is 2.04 bits per heavy atom. The molecule has 0 radical (unpaired) electrons. The molecule has 1 fully saturated rings. The first kappa shape index (κ1) is 16.9. The highest BCUT2D eigenvalue weighted by atomic mass is 16.6. The highest BCUT2D eigenvalue weighted by molar-refractivity contribution is 5.78. The lowest BCUT2D eigenvalue weighted by molar-refractivity contribution is -0.384. The number of amides is 1. The Labute approximate surface area is 144 Å². The molecule has 0 saturated carbocycles. The van der Waals surface area contributed by atoms with Gasteiger partial charge in [-0.05, 0) is 11.6 Å². The highest BCUT2D eigenvalue weighted by Crippen LogP contribution is 2.25. The van der Waals surface area contributed by atoms with Gasteiger partial charge in [0.05, 0.1) is 30.2 Å². The summed E-state index contributed by atoms with van der Waals surface area (Å²) in [5.74, 6) is 0.121. The molecule has 7 nitrogen and oxygen atoms in total. The van der Waals surface area contributed by atoms with Crippen LogP contribution in [-0.2, 0) is 9.53 Å². The third-order valence-electron chi connectivity index (χ3n) is 4.02. The summed E-state index contributed by atoms with van der Waals surface area (Å²) < 4.78 is 11.0. The lowest BCUT2D eigenvalue weighted by Gasteiger charge is -2.35. The molecule has 0 aromatic heterocycles. The molecule has 1 aliphatic rings. The van der Waals surface area contributed by atoms with Gasteiger partial charge in [-0.15, -0.1) is 0 Å². The molecule has 7 heteroatoms. The molecule has 0 spiro atoms. The summed E-state index contributed by atoms with van der Waals surface area (Å²) in [6.45, 7) is 1.22. The SMILES string of the molecule is O=C(COc1cccc([N+](=O)[O-])c1)N1CCOCC1c1ccccc1. The zero-order valence-corrected chi connectivity index (χ0v) is 13.5. The number of nitrogens with zero attached hydrogens (tertiary/aromatic N) is 2. The minimum Gasteiger partial charge on any atom is -0.484 e. The van der Waals surface area contributed by atoms with E-state index in [1.807, 2.05) is 30.3 Å².